The van der Waals surface area contributed by atoms with Crippen LogP contribution in [0.25, 0.3) is 0 Å². The molecule has 0 aromatic heterocycles. The average molecular weight is 239 g/mol. The Morgan fingerprint density at radius 2 is 2.24 bits per heavy atom. The molecule has 0 radical (unpaired) electrons. The third kappa shape index (κ3) is 2.68. The molecule has 1 aromatic rings. The van der Waals surface area contributed by atoms with Crippen molar-refractivity contribution in [2.45, 2.75) is 12.5 Å². The van der Waals surface area contributed by atoms with Gasteiger partial charge in [-0.3, -0.25) is 14.9 Å². The minimum atomic E-state index is -0.681. The maximum Gasteiger partial charge on any atom is 0.274 e. The highest BCUT2D eigenvalue weighted by Crippen LogP contribution is 2.21. The number of halogens is 1. The van der Waals surface area contributed by atoms with E-state index in [0.717, 1.165) is 12.1 Å². The number of nitro groups is 1. The van der Waals surface area contributed by atoms with E-state index in [-0.39, 0.29) is 24.1 Å². The van der Waals surface area contributed by atoms with Crippen LogP contribution in [0, 0.1) is 15.9 Å². The van der Waals surface area contributed by atoms with Gasteiger partial charge in [-0.1, -0.05) is 0 Å². The Balaban J connectivity index is 2.15. The summed E-state index contributed by atoms with van der Waals surface area (Å²) >= 11 is 0. The van der Waals surface area contributed by atoms with E-state index in [1.807, 2.05) is 0 Å². The molecule has 6 nitrogen and oxygen atoms in total. The van der Waals surface area contributed by atoms with Crippen molar-refractivity contribution in [3.05, 3.63) is 34.1 Å². The fourth-order valence-corrected chi connectivity index (χ4v) is 1.71. The molecule has 0 spiro atoms. The summed E-state index contributed by atoms with van der Waals surface area (Å²) in [6.07, 6.45) is 0.282. The minimum absolute atomic E-state index is 0.0894. The van der Waals surface area contributed by atoms with Gasteiger partial charge in [-0.05, 0) is 6.07 Å². The number of carbonyl (C=O) groups excluding carboxylic acids is 1. The molecule has 1 aliphatic rings. The standard InChI is InChI=1S/C10H10FN3O3/c11-6-1-7(3-9(2-6)14(16)17)13-8-4-10(15)12-5-8/h1-3,8,13H,4-5H2,(H,12,15). The fourth-order valence-electron chi connectivity index (χ4n) is 1.71. The average Bonchev–Trinajstić information content (AvgIpc) is 2.63. The SMILES string of the molecule is O=C1CC(Nc2cc(F)cc([N+](=O)[O-])c2)CN1. The van der Waals surface area contributed by atoms with E-state index in [9.17, 15) is 19.3 Å². The molecule has 1 aromatic carbocycles. The van der Waals surface area contributed by atoms with Gasteiger partial charge in [-0.25, -0.2) is 4.39 Å². The summed E-state index contributed by atoms with van der Waals surface area (Å²) in [4.78, 5) is 20.8. The first-order chi connectivity index (χ1) is 8.04. The largest absolute Gasteiger partial charge is 0.380 e. The Bertz CT molecular complexity index is 478. The number of carbonyl (C=O) groups is 1. The van der Waals surface area contributed by atoms with Crippen molar-refractivity contribution >= 4 is 17.3 Å². The van der Waals surface area contributed by atoms with E-state index in [0.29, 0.717) is 12.2 Å². The van der Waals surface area contributed by atoms with Gasteiger partial charge in [0, 0.05) is 24.7 Å². The highest BCUT2D eigenvalue weighted by atomic mass is 19.1. The van der Waals surface area contributed by atoms with Gasteiger partial charge >= 0.3 is 0 Å². The van der Waals surface area contributed by atoms with Crippen molar-refractivity contribution in [1.29, 1.82) is 0 Å². The summed E-state index contributed by atoms with van der Waals surface area (Å²) in [6.45, 7) is 0.434. The highest BCUT2D eigenvalue weighted by Gasteiger charge is 2.21. The van der Waals surface area contributed by atoms with Crippen molar-refractivity contribution < 1.29 is 14.1 Å². The lowest BCUT2D eigenvalue weighted by Gasteiger charge is -2.11. The number of anilines is 1. The van der Waals surface area contributed by atoms with E-state index in [4.69, 9.17) is 0 Å². The van der Waals surface area contributed by atoms with Crippen LogP contribution in [0.4, 0.5) is 15.8 Å². The first-order valence-electron chi connectivity index (χ1n) is 5.03. The molecule has 0 saturated carbocycles. The van der Waals surface area contributed by atoms with E-state index in [1.165, 1.54) is 6.07 Å². The Kier molecular flexibility index (Phi) is 2.90. The number of hydrogen-bond donors (Lipinski definition) is 2. The zero-order valence-corrected chi connectivity index (χ0v) is 8.77. The highest BCUT2D eigenvalue weighted by molar-refractivity contribution is 5.79. The van der Waals surface area contributed by atoms with Gasteiger partial charge in [0.25, 0.3) is 5.69 Å². The maximum absolute atomic E-state index is 13.1. The molecule has 90 valence electrons. The lowest BCUT2D eigenvalue weighted by atomic mass is 10.2. The summed E-state index contributed by atoms with van der Waals surface area (Å²) < 4.78 is 13.1. The number of nitrogens with zero attached hydrogens (tertiary/aromatic N) is 1. The maximum atomic E-state index is 13.1. The summed E-state index contributed by atoms with van der Waals surface area (Å²) in [7, 11) is 0. The number of rotatable bonds is 3. The van der Waals surface area contributed by atoms with Crippen LogP contribution in [-0.2, 0) is 4.79 Å². The monoisotopic (exact) mass is 239 g/mol. The molecule has 17 heavy (non-hydrogen) atoms. The van der Waals surface area contributed by atoms with Crippen LogP contribution in [0.2, 0.25) is 0 Å². The van der Waals surface area contributed by atoms with Crippen LogP contribution in [0.3, 0.4) is 0 Å². The van der Waals surface area contributed by atoms with E-state index >= 15 is 0 Å². The molecule has 1 atom stereocenters. The molecule has 2 N–H and O–H groups in total. The number of non-ortho nitro benzene ring substituents is 1. The van der Waals surface area contributed by atoms with Gasteiger partial charge in [0.15, 0.2) is 0 Å². The number of nitrogens with one attached hydrogen (secondary N) is 2. The second kappa shape index (κ2) is 4.36. The number of hydrogen-bond acceptors (Lipinski definition) is 4. The molecule has 7 heteroatoms. The molecule has 0 bridgehead atoms. The second-order valence-electron chi connectivity index (χ2n) is 3.80. The predicted molar refractivity (Wildman–Crippen MR) is 58.1 cm³/mol. The minimum Gasteiger partial charge on any atom is -0.380 e. The second-order valence-corrected chi connectivity index (χ2v) is 3.80. The van der Waals surface area contributed by atoms with Gasteiger partial charge in [-0.2, -0.15) is 0 Å². The van der Waals surface area contributed by atoms with Gasteiger partial charge in [0.05, 0.1) is 17.0 Å². The third-order valence-electron chi connectivity index (χ3n) is 2.44. The van der Waals surface area contributed by atoms with Crippen molar-refractivity contribution in [3.63, 3.8) is 0 Å². The Morgan fingerprint density at radius 3 is 2.82 bits per heavy atom. The first kappa shape index (κ1) is 11.3. The third-order valence-corrected chi connectivity index (χ3v) is 2.44. The van der Waals surface area contributed by atoms with Crippen molar-refractivity contribution in [3.8, 4) is 0 Å². The zero-order chi connectivity index (χ0) is 12.4. The quantitative estimate of drug-likeness (QED) is 0.609. The zero-order valence-electron chi connectivity index (χ0n) is 8.77. The summed E-state index contributed by atoms with van der Waals surface area (Å²) in [5, 5.41) is 16.0. The molecule has 1 heterocycles. The van der Waals surface area contributed by atoms with Gasteiger partial charge in [0.2, 0.25) is 5.91 Å². The lowest BCUT2D eigenvalue weighted by molar-refractivity contribution is -0.385. The van der Waals surface area contributed by atoms with Crippen LogP contribution < -0.4 is 10.6 Å². The van der Waals surface area contributed by atoms with Gasteiger partial charge in [0.1, 0.15) is 5.82 Å². The molecule has 2 rings (SSSR count). The van der Waals surface area contributed by atoms with Crippen LogP contribution in [0.1, 0.15) is 6.42 Å². The van der Waals surface area contributed by atoms with Gasteiger partial charge in [-0.15, -0.1) is 0 Å². The van der Waals surface area contributed by atoms with Crippen molar-refractivity contribution in [2.24, 2.45) is 0 Å². The van der Waals surface area contributed by atoms with Crippen LogP contribution >= 0.6 is 0 Å². The van der Waals surface area contributed by atoms with Crippen LogP contribution in [0.5, 0.6) is 0 Å². The van der Waals surface area contributed by atoms with E-state index < -0.39 is 10.7 Å². The first-order valence-corrected chi connectivity index (χ1v) is 5.03. The molecular weight excluding hydrogens is 229 g/mol. The van der Waals surface area contributed by atoms with Crippen LogP contribution in [-0.4, -0.2) is 23.4 Å². The molecule has 1 amide bonds. The summed E-state index contributed by atoms with van der Waals surface area (Å²) in [6, 6.07) is 3.09. The lowest BCUT2D eigenvalue weighted by Crippen LogP contribution is -2.22. The molecule has 0 aliphatic carbocycles. The Hall–Kier alpha value is -2.18. The molecular formula is C10H10FN3O3. The number of benzene rings is 1. The molecule has 1 aliphatic heterocycles. The summed E-state index contributed by atoms with van der Waals surface area (Å²) in [5.74, 6) is -0.771. The smallest absolute Gasteiger partial charge is 0.274 e. The van der Waals surface area contributed by atoms with E-state index in [2.05, 4.69) is 10.6 Å². The molecule has 1 unspecified atom stereocenters. The fraction of sp³-hybridized carbons (Fsp3) is 0.300. The molecule has 1 saturated heterocycles. The Labute approximate surface area is 96.0 Å². The number of amides is 1. The Morgan fingerprint density at radius 1 is 1.47 bits per heavy atom. The summed E-state index contributed by atoms with van der Waals surface area (Å²) in [5.41, 5.74) is -0.0111. The van der Waals surface area contributed by atoms with Crippen LogP contribution in [0.15, 0.2) is 18.2 Å². The normalized spacial score (nSPS) is 18.9. The van der Waals surface area contributed by atoms with Gasteiger partial charge < -0.3 is 10.6 Å². The predicted octanol–water partition coefficient (Wildman–Crippen LogP) is 1.03. The topological polar surface area (TPSA) is 84.3 Å². The molecule has 1 fully saturated rings. The van der Waals surface area contributed by atoms with E-state index in [1.54, 1.807) is 0 Å². The van der Waals surface area contributed by atoms with Crippen molar-refractivity contribution in [2.75, 3.05) is 11.9 Å². The number of nitro benzene ring substituents is 1. The van der Waals surface area contributed by atoms with Crippen molar-refractivity contribution in [1.82, 2.24) is 5.32 Å².